The van der Waals surface area contributed by atoms with Crippen LogP contribution < -0.4 is 0 Å². The smallest absolute Gasteiger partial charge is 0.312 e. The van der Waals surface area contributed by atoms with Crippen LogP contribution in [0.25, 0.3) is 0 Å². The molecule has 4 heteroatoms. The first kappa shape index (κ1) is 21.1. The van der Waals surface area contributed by atoms with Gasteiger partial charge in [0.1, 0.15) is 11.2 Å². The Balaban J connectivity index is 1.71. The molecule has 4 atom stereocenters. The minimum absolute atomic E-state index is 0.127. The number of benzene rings is 2. The highest BCUT2D eigenvalue weighted by Crippen LogP contribution is 2.59. The molecule has 2 bridgehead atoms. The molecule has 3 aliphatic rings. The third kappa shape index (κ3) is 3.09. The average molecular weight is 409 g/mol. The largest absolute Gasteiger partial charge is 0.465 e. The topological polar surface area (TPSA) is 66.8 Å². The summed E-state index contributed by atoms with van der Waals surface area (Å²) in [6.07, 6.45) is 4.35. The summed E-state index contributed by atoms with van der Waals surface area (Å²) in [7, 11) is 0. The molecule has 0 radical (unpaired) electrons. The van der Waals surface area contributed by atoms with Crippen molar-refractivity contribution in [3.8, 4) is 0 Å². The highest BCUT2D eigenvalue weighted by Gasteiger charge is 2.62. The van der Waals surface area contributed by atoms with Crippen LogP contribution in [0.5, 0.6) is 0 Å². The lowest BCUT2D eigenvalue weighted by molar-refractivity contribution is -0.168. The Morgan fingerprint density at radius 1 is 1.10 bits per heavy atom. The summed E-state index contributed by atoms with van der Waals surface area (Å²) in [4.78, 5) is 13.2. The van der Waals surface area contributed by atoms with Gasteiger partial charge in [0.15, 0.2) is 0 Å². The molecule has 160 valence electrons. The fourth-order valence-corrected chi connectivity index (χ4v) is 5.29. The summed E-state index contributed by atoms with van der Waals surface area (Å²) < 4.78 is 5.74. The van der Waals surface area contributed by atoms with E-state index in [0.29, 0.717) is 34.8 Å². The first-order chi connectivity index (χ1) is 14.4. The van der Waals surface area contributed by atoms with Gasteiger partial charge in [-0.2, -0.15) is 0 Å². The van der Waals surface area contributed by atoms with E-state index in [1.165, 1.54) is 0 Å². The van der Waals surface area contributed by atoms with Crippen molar-refractivity contribution in [2.75, 3.05) is 6.61 Å². The molecule has 0 saturated heterocycles. The lowest BCUT2D eigenvalue weighted by atomic mass is 9.54. The van der Waals surface area contributed by atoms with Crippen molar-refractivity contribution in [2.45, 2.75) is 64.1 Å². The summed E-state index contributed by atoms with van der Waals surface area (Å²) in [6, 6.07) is 13.1. The van der Waals surface area contributed by atoms with Gasteiger partial charge in [0.25, 0.3) is 0 Å². The number of carbonyl (C=O) groups excluding carboxylic acids is 1. The second kappa shape index (κ2) is 7.82. The van der Waals surface area contributed by atoms with Gasteiger partial charge < -0.3 is 14.9 Å². The van der Waals surface area contributed by atoms with Crippen molar-refractivity contribution >= 4 is 5.97 Å². The van der Waals surface area contributed by atoms with Gasteiger partial charge in [-0.25, -0.2) is 0 Å². The van der Waals surface area contributed by atoms with Gasteiger partial charge in [0.2, 0.25) is 0 Å². The van der Waals surface area contributed by atoms with E-state index >= 15 is 0 Å². The lowest BCUT2D eigenvalue weighted by Crippen LogP contribution is -2.57. The Morgan fingerprint density at radius 2 is 1.80 bits per heavy atom. The van der Waals surface area contributed by atoms with Gasteiger partial charge >= 0.3 is 5.97 Å². The number of hydrogen-bond donors (Lipinski definition) is 2. The second-order valence-electron chi connectivity index (χ2n) is 9.02. The third-order valence-corrected chi connectivity index (χ3v) is 7.11. The molecule has 4 unspecified atom stereocenters. The normalized spacial score (nSPS) is 27.3. The van der Waals surface area contributed by atoms with Crippen molar-refractivity contribution in [1.82, 2.24) is 0 Å². The number of aryl methyl sites for hydroxylation is 1. The Labute approximate surface area is 178 Å². The lowest BCUT2D eigenvalue weighted by Gasteiger charge is -2.54. The molecule has 0 spiro atoms. The molecule has 2 N–H and O–H groups in total. The Morgan fingerprint density at radius 3 is 2.50 bits per heavy atom. The quantitative estimate of drug-likeness (QED) is 0.659. The summed E-state index contributed by atoms with van der Waals surface area (Å²) in [5.41, 5.74) is 0.809. The van der Waals surface area contributed by atoms with Crippen LogP contribution in [0.15, 0.2) is 42.5 Å². The van der Waals surface area contributed by atoms with Crippen LogP contribution in [-0.2, 0) is 20.7 Å². The van der Waals surface area contributed by atoms with E-state index in [0.717, 1.165) is 31.2 Å². The van der Waals surface area contributed by atoms with Gasteiger partial charge in [-0.1, -0.05) is 81.1 Å². The number of carbonyl (C=O) groups is 1. The average Bonchev–Trinajstić information content (AvgIpc) is 2.75. The van der Waals surface area contributed by atoms with Gasteiger partial charge in [-0.3, -0.25) is 4.79 Å². The second-order valence-corrected chi connectivity index (χ2v) is 9.02. The number of esters is 1. The number of rotatable bonds is 7. The summed E-state index contributed by atoms with van der Waals surface area (Å²) in [5.74, 6) is -0.933. The molecule has 2 aromatic carbocycles. The zero-order chi connectivity index (χ0) is 21.5. The zero-order valence-corrected chi connectivity index (χ0v) is 18.1. The van der Waals surface area contributed by atoms with Crippen LogP contribution >= 0.6 is 0 Å². The van der Waals surface area contributed by atoms with E-state index in [2.05, 4.69) is 13.8 Å². The van der Waals surface area contributed by atoms with Crippen molar-refractivity contribution in [3.05, 3.63) is 70.3 Å². The predicted molar refractivity (Wildman–Crippen MR) is 116 cm³/mol. The van der Waals surface area contributed by atoms with Crippen LogP contribution in [0, 0.1) is 18.8 Å². The van der Waals surface area contributed by atoms with E-state index in [4.69, 9.17) is 4.74 Å². The highest BCUT2D eigenvalue weighted by atomic mass is 16.5. The number of fused-ring (bicyclic) bond motifs is 1. The summed E-state index contributed by atoms with van der Waals surface area (Å²) in [6.45, 7) is 6.60. The van der Waals surface area contributed by atoms with E-state index in [1.54, 1.807) is 0 Å². The fourth-order valence-electron chi connectivity index (χ4n) is 5.29. The molecule has 0 aromatic heterocycles. The molecule has 30 heavy (non-hydrogen) atoms. The molecule has 3 aliphatic carbocycles. The van der Waals surface area contributed by atoms with Crippen LogP contribution in [0.4, 0.5) is 0 Å². The highest BCUT2D eigenvalue weighted by molar-refractivity contribution is 5.79. The number of aliphatic hydroxyl groups is 2. The SMILES string of the molecule is CCCCC(CC)COC(=O)C1CC2(O)c3ccccc3C1(O)c1ccc(C)cc12. The zero-order valence-electron chi connectivity index (χ0n) is 18.1. The minimum atomic E-state index is -1.49. The molecular formula is C26H32O4. The Bertz CT molecular complexity index is 952. The van der Waals surface area contributed by atoms with E-state index in [-0.39, 0.29) is 6.42 Å². The van der Waals surface area contributed by atoms with Gasteiger partial charge in [0.05, 0.1) is 12.5 Å². The molecule has 0 heterocycles. The Hall–Kier alpha value is -2.17. The van der Waals surface area contributed by atoms with Crippen molar-refractivity contribution < 1.29 is 19.7 Å². The van der Waals surface area contributed by atoms with Crippen LogP contribution in [0.1, 0.15) is 73.8 Å². The maximum absolute atomic E-state index is 13.2. The number of unbranched alkanes of at least 4 members (excludes halogenated alkanes) is 1. The van der Waals surface area contributed by atoms with E-state index < -0.39 is 23.1 Å². The summed E-state index contributed by atoms with van der Waals surface area (Å²) in [5, 5.41) is 23.8. The van der Waals surface area contributed by atoms with Crippen molar-refractivity contribution in [3.63, 3.8) is 0 Å². The maximum atomic E-state index is 13.2. The minimum Gasteiger partial charge on any atom is -0.465 e. The first-order valence-electron chi connectivity index (χ1n) is 11.2. The monoisotopic (exact) mass is 408 g/mol. The maximum Gasteiger partial charge on any atom is 0.312 e. The first-order valence-corrected chi connectivity index (χ1v) is 11.2. The van der Waals surface area contributed by atoms with Crippen LogP contribution in [-0.4, -0.2) is 22.8 Å². The Kier molecular flexibility index (Phi) is 5.50. The molecular weight excluding hydrogens is 376 g/mol. The van der Waals surface area contributed by atoms with E-state index in [9.17, 15) is 15.0 Å². The van der Waals surface area contributed by atoms with Crippen molar-refractivity contribution in [1.29, 1.82) is 0 Å². The summed E-state index contributed by atoms with van der Waals surface area (Å²) >= 11 is 0. The molecule has 2 aromatic rings. The van der Waals surface area contributed by atoms with Crippen molar-refractivity contribution in [2.24, 2.45) is 11.8 Å². The molecule has 0 fully saturated rings. The van der Waals surface area contributed by atoms with Gasteiger partial charge in [-0.15, -0.1) is 0 Å². The standard InChI is InChI=1S/C26H32O4/c1-4-6-9-18(5-2)16-30-24(27)23-15-25(28)19-10-7-8-11-20(19)26(23,29)21-13-12-17(3)14-22(21)25/h7-8,10-14,18,23,28-29H,4-6,9,15-16H2,1-3H3. The van der Waals surface area contributed by atoms with Crippen LogP contribution in [0.3, 0.4) is 0 Å². The van der Waals surface area contributed by atoms with Gasteiger partial charge in [0, 0.05) is 6.42 Å². The molecule has 0 amide bonds. The van der Waals surface area contributed by atoms with Gasteiger partial charge in [-0.05, 0) is 41.5 Å². The molecule has 0 aliphatic heterocycles. The van der Waals surface area contributed by atoms with Crippen LogP contribution in [0.2, 0.25) is 0 Å². The number of ether oxygens (including phenoxy) is 1. The molecule has 5 rings (SSSR count). The molecule has 4 nitrogen and oxygen atoms in total. The molecule has 0 saturated carbocycles. The number of hydrogen-bond acceptors (Lipinski definition) is 4. The third-order valence-electron chi connectivity index (χ3n) is 7.11. The van der Waals surface area contributed by atoms with E-state index in [1.807, 2.05) is 49.4 Å². The fraction of sp³-hybridized carbons (Fsp3) is 0.500. The predicted octanol–water partition coefficient (Wildman–Crippen LogP) is 4.56.